The summed E-state index contributed by atoms with van der Waals surface area (Å²) in [4.78, 5) is 19.0. The van der Waals surface area contributed by atoms with Crippen LogP contribution in [0.25, 0.3) is 0 Å². The third-order valence-corrected chi connectivity index (χ3v) is 2.52. The molecule has 1 rings (SSSR count). The number of carbonyl (C=O) groups excluding carboxylic acids is 1. The zero-order valence-electron chi connectivity index (χ0n) is 9.66. The first kappa shape index (κ1) is 13.7. The summed E-state index contributed by atoms with van der Waals surface area (Å²) >= 11 is 3.33. The highest BCUT2D eigenvalue weighted by atomic mass is 79.9. The fourth-order valence-electron chi connectivity index (χ4n) is 1.12. The van der Waals surface area contributed by atoms with Gasteiger partial charge in [0, 0.05) is 25.7 Å². The minimum absolute atomic E-state index is 0.272. The predicted octanol–water partition coefficient (Wildman–Crippen LogP) is 1.35. The monoisotopic (exact) mass is 301 g/mol. The van der Waals surface area contributed by atoms with Gasteiger partial charge in [0.1, 0.15) is 5.82 Å². The van der Waals surface area contributed by atoms with Crippen LogP contribution in [0.3, 0.4) is 0 Å². The van der Waals surface area contributed by atoms with E-state index in [1.807, 2.05) is 0 Å². The van der Waals surface area contributed by atoms with Gasteiger partial charge in [-0.15, -0.1) is 0 Å². The Bertz CT molecular complexity index is 385. The Kier molecular flexibility index (Phi) is 5.68. The first-order chi connectivity index (χ1) is 8.13. The largest absolute Gasteiger partial charge is 0.370 e. The number of nitrogens with two attached hydrogens (primary N) is 1. The van der Waals surface area contributed by atoms with Gasteiger partial charge < -0.3 is 16.4 Å². The minimum Gasteiger partial charge on any atom is -0.370 e. The lowest BCUT2D eigenvalue weighted by molar-refractivity contribution is -0.117. The predicted molar refractivity (Wildman–Crippen MR) is 70.8 cm³/mol. The van der Waals surface area contributed by atoms with E-state index in [0.29, 0.717) is 18.3 Å². The lowest BCUT2D eigenvalue weighted by Gasteiger charge is -2.08. The van der Waals surface area contributed by atoms with Crippen LogP contribution in [0.1, 0.15) is 19.8 Å². The Labute approximate surface area is 109 Å². The van der Waals surface area contributed by atoms with Crippen LogP contribution in [-0.2, 0) is 4.79 Å². The lowest BCUT2D eigenvalue weighted by Crippen LogP contribution is -2.16. The molecule has 0 unspecified atom stereocenters. The summed E-state index contributed by atoms with van der Waals surface area (Å²) in [6, 6.07) is 0. The molecule has 0 bridgehead atoms. The molecule has 0 saturated heterocycles. The van der Waals surface area contributed by atoms with Crippen LogP contribution in [0, 0.1) is 0 Å². The number of nitrogens with zero attached hydrogens (tertiary/aromatic N) is 2. The Balaban J connectivity index is 2.59. The van der Waals surface area contributed by atoms with E-state index >= 15 is 0 Å². The molecule has 1 amide bonds. The van der Waals surface area contributed by atoms with Crippen molar-refractivity contribution in [2.24, 2.45) is 5.73 Å². The van der Waals surface area contributed by atoms with E-state index in [0.717, 1.165) is 17.4 Å². The maximum absolute atomic E-state index is 10.6. The van der Waals surface area contributed by atoms with Gasteiger partial charge in [0.2, 0.25) is 11.9 Å². The molecule has 94 valence electrons. The second-order valence-electron chi connectivity index (χ2n) is 3.46. The summed E-state index contributed by atoms with van der Waals surface area (Å²) in [5, 5.41) is 6.11. The van der Waals surface area contributed by atoms with E-state index in [-0.39, 0.29) is 12.3 Å². The van der Waals surface area contributed by atoms with Gasteiger partial charge in [0.05, 0.1) is 4.47 Å². The summed E-state index contributed by atoms with van der Waals surface area (Å²) < 4.78 is 0.754. The standard InChI is InChI=1S/C10H16BrN5O/c1-2-4-14-10-15-6-7(11)9(16-10)13-5-3-8(12)17/h6H,2-5H2,1H3,(H2,12,17)(H2,13,14,15,16). The molecule has 0 spiro atoms. The van der Waals surface area contributed by atoms with Crippen molar-refractivity contribution in [2.45, 2.75) is 19.8 Å². The molecule has 4 N–H and O–H groups in total. The third-order valence-electron chi connectivity index (χ3n) is 1.94. The Morgan fingerprint density at radius 1 is 1.47 bits per heavy atom. The van der Waals surface area contributed by atoms with Crippen molar-refractivity contribution >= 4 is 33.6 Å². The number of rotatable bonds is 7. The normalized spacial score (nSPS) is 10.0. The van der Waals surface area contributed by atoms with Crippen LogP contribution < -0.4 is 16.4 Å². The first-order valence-corrected chi connectivity index (χ1v) is 6.21. The van der Waals surface area contributed by atoms with Crippen LogP contribution in [0.2, 0.25) is 0 Å². The molecular weight excluding hydrogens is 286 g/mol. The maximum atomic E-state index is 10.6. The number of hydrogen-bond donors (Lipinski definition) is 3. The van der Waals surface area contributed by atoms with Gasteiger partial charge in [-0.25, -0.2) is 4.98 Å². The van der Waals surface area contributed by atoms with E-state index in [1.54, 1.807) is 6.20 Å². The maximum Gasteiger partial charge on any atom is 0.224 e. The lowest BCUT2D eigenvalue weighted by atomic mass is 10.4. The quantitative estimate of drug-likeness (QED) is 0.707. The summed E-state index contributed by atoms with van der Waals surface area (Å²) in [6.07, 6.45) is 2.94. The number of anilines is 2. The second kappa shape index (κ2) is 7.05. The highest BCUT2D eigenvalue weighted by molar-refractivity contribution is 9.10. The molecule has 0 fully saturated rings. The van der Waals surface area contributed by atoms with Crippen molar-refractivity contribution in [3.05, 3.63) is 10.7 Å². The molecule has 0 aliphatic carbocycles. The average molecular weight is 302 g/mol. The summed E-state index contributed by atoms with van der Waals surface area (Å²) in [6.45, 7) is 3.35. The number of halogens is 1. The van der Waals surface area contributed by atoms with Crippen molar-refractivity contribution in [1.82, 2.24) is 9.97 Å². The number of aromatic nitrogens is 2. The average Bonchev–Trinajstić information content (AvgIpc) is 2.29. The molecule has 0 aromatic carbocycles. The summed E-state index contributed by atoms with van der Waals surface area (Å²) in [7, 11) is 0. The van der Waals surface area contributed by atoms with Gasteiger partial charge in [-0.3, -0.25) is 4.79 Å². The smallest absolute Gasteiger partial charge is 0.224 e. The Morgan fingerprint density at radius 3 is 2.88 bits per heavy atom. The minimum atomic E-state index is -0.341. The van der Waals surface area contributed by atoms with Crippen molar-refractivity contribution in [3.63, 3.8) is 0 Å². The molecule has 0 aliphatic rings. The van der Waals surface area contributed by atoms with Crippen molar-refractivity contribution in [2.75, 3.05) is 23.7 Å². The first-order valence-electron chi connectivity index (χ1n) is 5.42. The van der Waals surface area contributed by atoms with Crippen LogP contribution in [-0.4, -0.2) is 29.0 Å². The molecule has 0 atom stereocenters. The SMILES string of the molecule is CCCNc1ncc(Br)c(NCCC(N)=O)n1. The van der Waals surface area contributed by atoms with E-state index in [2.05, 4.69) is 43.5 Å². The molecular formula is C10H16BrN5O. The van der Waals surface area contributed by atoms with Gasteiger partial charge in [0.25, 0.3) is 0 Å². The van der Waals surface area contributed by atoms with Gasteiger partial charge in [0.15, 0.2) is 0 Å². The molecule has 7 heteroatoms. The number of nitrogens with one attached hydrogen (secondary N) is 2. The Hall–Kier alpha value is -1.37. The van der Waals surface area contributed by atoms with Gasteiger partial charge in [-0.1, -0.05) is 6.92 Å². The van der Waals surface area contributed by atoms with Crippen molar-refractivity contribution in [1.29, 1.82) is 0 Å². The molecule has 1 aromatic heterocycles. The summed E-state index contributed by atoms with van der Waals surface area (Å²) in [5.41, 5.74) is 5.05. The fraction of sp³-hybridized carbons (Fsp3) is 0.500. The number of amides is 1. The second-order valence-corrected chi connectivity index (χ2v) is 4.31. The molecule has 1 heterocycles. The summed E-state index contributed by atoms with van der Waals surface area (Å²) in [5.74, 6) is 0.878. The van der Waals surface area contributed by atoms with Crippen molar-refractivity contribution < 1.29 is 4.79 Å². The molecule has 6 nitrogen and oxygen atoms in total. The van der Waals surface area contributed by atoms with Crippen molar-refractivity contribution in [3.8, 4) is 0 Å². The number of hydrogen-bond acceptors (Lipinski definition) is 5. The van der Waals surface area contributed by atoms with Gasteiger partial charge in [-0.05, 0) is 22.4 Å². The van der Waals surface area contributed by atoms with Crippen LogP contribution >= 0.6 is 15.9 Å². The molecule has 0 radical (unpaired) electrons. The van der Waals surface area contributed by atoms with E-state index in [4.69, 9.17) is 5.73 Å². The highest BCUT2D eigenvalue weighted by Crippen LogP contribution is 2.19. The molecule has 1 aromatic rings. The van der Waals surface area contributed by atoms with Crippen LogP contribution in [0.15, 0.2) is 10.7 Å². The zero-order valence-corrected chi connectivity index (χ0v) is 11.2. The van der Waals surface area contributed by atoms with Gasteiger partial charge >= 0.3 is 0 Å². The molecule has 0 aliphatic heterocycles. The molecule has 0 saturated carbocycles. The number of primary amides is 1. The molecule has 17 heavy (non-hydrogen) atoms. The van der Waals surface area contributed by atoms with Gasteiger partial charge in [-0.2, -0.15) is 4.98 Å². The van der Waals surface area contributed by atoms with Crippen LogP contribution in [0.5, 0.6) is 0 Å². The zero-order chi connectivity index (χ0) is 12.7. The van der Waals surface area contributed by atoms with E-state index in [1.165, 1.54) is 0 Å². The number of carbonyl (C=O) groups is 1. The van der Waals surface area contributed by atoms with Crippen LogP contribution in [0.4, 0.5) is 11.8 Å². The third kappa shape index (κ3) is 4.99. The van der Waals surface area contributed by atoms with E-state index < -0.39 is 0 Å². The topological polar surface area (TPSA) is 92.9 Å². The highest BCUT2D eigenvalue weighted by Gasteiger charge is 2.04. The Morgan fingerprint density at radius 2 is 2.24 bits per heavy atom. The van der Waals surface area contributed by atoms with E-state index in [9.17, 15) is 4.79 Å². The fourth-order valence-corrected chi connectivity index (χ4v) is 1.45.